The van der Waals surface area contributed by atoms with Crippen LogP contribution in [0.3, 0.4) is 0 Å². The van der Waals surface area contributed by atoms with E-state index in [9.17, 15) is 4.79 Å². The number of nitrogens with zero attached hydrogens (tertiary/aromatic N) is 1. The third kappa shape index (κ3) is 4.77. The summed E-state index contributed by atoms with van der Waals surface area (Å²) >= 11 is 3.40. The molecule has 0 spiro atoms. The van der Waals surface area contributed by atoms with Crippen LogP contribution in [-0.2, 0) is 6.54 Å². The second kappa shape index (κ2) is 7.84. The number of hydrogen-bond donors (Lipinski definition) is 1. The Bertz CT molecular complexity index is 612. The van der Waals surface area contributed by atoms with E-state index in [1.807, 2.05) is 55.5 Å². The number of hydrogen-bond acceptors (Lipinski definition) is 2. The molecule has 0 atom stereocenters. The van der Waals surface area contributed by atoms with Gasteiger partial charge in [0.15, 0.2) is 0 Å². The molecule has 0 aliphatic rings. The van der Waals surface area contributed by atoms with Crippen LogP contribution in [0.25, 0.3) is 0 Å². The van der Waals surface area contributed by atoms with Gasteiger partial charge in [0.1, 0.15) is 5.75 Å². The highest BCUT2D eigenvalue weighted by atomic mass is 79.9. The molecule has 4 nitrogen and oxygen atoms in total. The molecule has 2 amide bonds. The summed E-state index contributed by atoms with van der Waals surface area (Å²) in [5, 5.41) is 2.86. The molecule has 0 fully saturated rings. The average molecular weight is 363 g/mol. The maximum atomic E-state index is 12.2. The van der Waals surface area contributed by atoms with Crippen molar-refractivity contribution in [2.45, 2.75) is 13.5 Å². The molecule has 2 aromatic carbocycles. The van der Waals surface area contributed by atoms with Gasteiger partial charge in [0.25, 0.3) is 0 Å². The van der Waals surface area contributed by atoms with Crippen LogP contribution < -0.4 is 10.1 Å². The van der Waals surface area contributed by atoms with Crippen LogP contribution in [0.5, 0.6) is 5.75 Å². The summed E-state index contributed by atoms with van der Waals surface area (Å²) in [4.78, 5) is 13.8. The highest BCUT2D eigenvalue weighted by molar-refractivity contribution is 9.10. The van der Waals surface area contributed by atoms with E-state index in [1.165, 1.54) is 0 Å². The Morgan fingerprint density at radius 2 is 1.77 bits per heavy atom. The van der Waals surface area contributed by atoms with Crippen molar-refractivity contribution in [2.75, 3.05) is 19.0 Å². The van der Waals surface area contributed by atoms with Crippen LogP contribution >= 0.6 is 15.9 Å². The van der Waals surface area contributed by atoms with Gasteiger partial charge in [0.2, 0.25) is 0 Å². The topological polar surface area (TPSA) is 41.6 Å². The molecule has 116 valence electrons. The molecule has 2 rings (SSSR count). The summed E-state index contributed by atoms with van der Waals surface area (Å²) in [5.74, 6) is 0.795. The molecule has 22 heavy (non-hydrogen) atoms. The van der Waals surface area contributed by atoms with E-state index in [0.717, 1.165) is 21.5 Å². The van der Waals surface area contributed by atoms with Crippen LogP contribution in [-0.4, -0.2) is 24.6 Å². The fourth-order valence-electron chi connectivity index (χ4n) is 1.96. The largest absolute Gasteiger partial charge is 0.494 e. The van der Waals surface area contributed by atoms with Crippen molar-refractivity contribution < 1.29 is 9.53 Å². The third-order valence-corrected chi connectivity index (χ3v) is 3.62. The van der Waals surface area contributed by atoms with Gasteiger partial charge in [0, 0.05) is 23.8 Å². The SMILES string of the molecule is CCOc1ccc(NC(=O)N(C)Cc2ccc(Br)cc2)cc1. The summed E-state index contributed by atoms with van der Waals surface area (Å²) in [5.41, 5.74) is 1.82. The molecule has 2 aromatic rings. The maximum absolute atomic E-state index is 12.2. The van der Waals surface area contributed by atoms with Gasteiger partial charge in [-0.05, 0) is 48.9 Å². The first kappa shape index (κ1) is 16.4. The Hall–Kier alpha value is -2.01. The normalized spacial score (nSPS) is 10.1. The van der Waals surface area contributed by atoms with Crippen molar-refractivity contribution in [3.05, 3.63) is 58.6 Å². The highest BCUT2D eigenvalue weighted by Gasteiger charge is 2.09. The number of urea groups is 1. The van der Waals surface area contributed by atoms with Gasteiger partial charge < -0.3 is 15.0 Å². The molecule has 0 saturated carbocycles. The monoisotopic (exact) mass is 362 g/mol. The first-order valence-electron chi connectivity index (χ1n) is 7.08. The van der Waals surface area contributed by atoms with Gasteiger partial charge in [-0.25, -0.2) is 4.79 Å². The molecule has 0 aromatic heterocycles. The Labute approximate surface area is 139 Å². The quantitative estimate of drug-likeness (QED) is 0.849. The Morgan fingerprint density at radius 3 is 2.36 bits per heavy atom. The number of anilines is 1. The van der Waals surface area contributed by atoms with Gasteiger partial charge in [-0.2, -0.15) is 0 Å². The lowest BCUT2D eigenvalue weighted by molar-refractivity contribution is 0.220. The molecule has 1 N–H and O–H groups in total. The fourth-order valence-corrected chi connectivity index (χ4v) is 2.22. The molecule has 0 aliphatic carbocycles. The number of halogens is 1. The summed E-state index contributed by atoms with van der Waals surface area (Å²) in [6.45, 7) is 3.12. The summed E-state index contributed by atoms with van der Waals surface area (Å²) in [6.07, 6.45) is 0. The molecule has 0 radical (unpaired) electrons. The zero-order valence-electron chi connectivity index (χ0n) is 12.7. The summed E-state index contributed by atoms with van der Waals surface area (Å²) in [7, 11) is 1.77. The number of benzene rings is 2. The molecule has 0 unspecified atom stereocenters. The van der Waals surface area contributed by atoms with Crippen molar-refractivity contribution in [3.8, 4) is 5.75 Å². The standard InChI is InChI=1S/C17H19BrN2O2/c1-3-22-16-10-8-15(9-11-16)19-17(21)20(2)12-13-4-6-14(18)7-5-13/h4-11H,3,12H2,1-2H3,(H,19,21). The van der Waals surface area contributed by atoms with E-state index in [0.29, 0.717) is 13.2 Å². The number of ether oxygens (including phenoxy) is 1. The minimum Gasteiger partial charge on any atom is -0.494 e. The Balaban J connectivity index is 1.91. The van der Waals surface area contributed by atoms with E-state index in [-0.39, 0.29) is 6.03 Å². The zero-order valence-corrected chi connectivity index (χ0v) is 14.3. The van der Waals surface area contributed by atoms with Crippen LogP contribution in [0, 0.1) is 0 Å². The molecule has 5 heteroatoms. The number of carbonyl (C=O) groups is 1. The third-order valence-electron chi connectivity index (χ3n) is 3.10. The van der Waals surface area contributed by atoms with Gasteiger partial charge in [-0.15, -0.1) is 0 Å². The second-order valence-corrected chi connectivity index (χ2v) is 5.79. The van der Waals surface area contributed by atoms with Gasteiger partial charge in [0.05, 0.1) is 6.61 Å². The van der Waals surface area contributed by atoms with Crippen LogP contribution in [0.2, 0.25) is 0 Å². The van der Waals surface area contributed by atoms with E-state index in [4.69, 9.17) is 4.74 Å². The Kier molecular flexibility index (Phi) is 5.83. The fraction of sp³-hybridized carbons (Fsp3) is 0.235. The van der Waals surface area contributed by atoms with Crippen molar-refractivity contribution in [2.24, 2.45) is 0 Å². The van der Waals surface area contributed by atoms with Crippen molar-refractivity contribution in [3.63, 3.8) is 0 Å². The van der Waals surface area contributed by atoms with Gasteiger partial charge in [-0.1, -0.05) is 28.1 Å². The average Bonchev–Trinajstić information content (AvgIpc) is 2.51. The van der Waals surface area contributed by atoms with E-state index < -0.39 is 0 Å². The Morgan fingerprint density at radius 1 is 1.14 bits per heavy atom. The first-order chi connectivity index (χ1) is 10.6. The number of nitrogens with one attached hydrogen (secondary N) is 1. The van der Waals surface area contributed by atoms with Gasteiger partial charge >= 0.3 is 6.03 Å². The summed E-state index contributed by atoms with van der Waals surface area (Å²) < 4.78 is 6.40. The minimum atomic E-state index is -0.146. The summed E-state index contributed by atoms with van der Waals surface area (Å²) in [6, 6.07) is 15.1. The molecular formula is C17H19BrN2O2. The van der Waals surface area contributed by atoms with Crippen molar-refractivity contribution in [1.29, 1.82) is 0 Å². The van der Waals surface area contributed by atoms with E-state index in [2.05, 4.69) is 21.2 Å². The molecule has 0 saturated heterocycles. The molecule has 0 bridgehead atoms. The zero-order chi connectivity index (χ0) is 15.9. The van der Waals surface area contributed by atoms with Crippen LogP contribution in [0.15, 0.2) is 53.0 Å². The molecular weight excluding hydrogens is 344 g/mol. The first-order valence-corrected chi connectivity index (χ1v) is 7.87. The predicted molar refractivity (Wildman–Crippen MR) is 92.2 cm³/mol. The van der Waals surface area contributed by atoms with Crippen LogP contribution in [0.4, 0.5) is 10.5 Å². The van der Waals surface area contributed by atoms with Gasteiger partial charge in [-0.3, -0.25) is 0 Å². The van der Waals surface area contributed by atoms with Crippen molar-refractivity contribution >= 4 is 27.6 Å². The molecule has 0 heterocycles. The maximum Gasteiger partial charge on any atom is 0.321 e. The number of carbonyl (C=O) groups excluding carboxylic acids is 1. The van der Waals surface area contributed by atoms with E-state index in [1.54, 1.807) is 11.9 Å². The van der Waals surface area contributed by atoms with Crippen molar-refractivity contribution in [1.82, 2.24) is 4.90 Å². The second-order valence-electron chi connectivity index (χ2n) is 4.87. The van der Waals surface area contributed by atoms with E-state index >= 15 is 0 Å². The lowest BCUT2D eigenvalue weighted by atomic mass is 10.2. The number of rotatable bonds is 5. The minimum absolute atomic E-state index is 0.146. The predicted octanol–water partition coefficient (Wildman–Crippen LogP) is 4.51. The lowest BCUT2D eigenvalue weighted by Gasteiger charge is -2.18. The number of amides is 2. The highest BCUT2D eigenvalue weighted by Crippen LogP contribution is 2.16. The molecule has 0 aliphatic heterocycles. The van der Waals surface area contributed by atoms with Crippen LogP contribution in [0.1, 0.15) is 12.5 Å². The lowest BCUT2D eigenvalue weighted by Crippen LogP contribution is -2.30. The smallest absolute Gasteiger partial charge is 0.321 e.